The third-order valence-corrected chi connectivity index (χ3v) is 4.36. The molecule has 1 atom stereocenters. The van der Waals surface area contributed by atoms with E-state index in [0.29, 0.717) is 17.6 Å². The molecule has 1 fully saturated rings. The van der Waals surface area contributed by atoms with Crippen LogP contribution in [0.5, 0.6) is 5.75 Å². The van der Waals surface area contributed by atoms with E-state index >= 15 is 0 Å². The van der Waals surface area contributed by atoms with Crippen molar-refractivity contribution in [3.8, 4) is 17.5 Å². The first-order valence-electron chi connectivity index (χ1n) is 8.05. The van der Waals surface area contributed by atoms with Gasteiger partial charge in [-0.25, -0.2) is 0 Å². The van der Waals surface area contributed by atoms with Gasteiger partial charge in [-0.3, -0.25) is 0 Å². The Morgan fingerprint density at radius 1 is 1.35 bits per heavy atom. The molecule has 6 heteroatoms. The number of anilines is 1. The van der Waals surface area contributed by atoms with Gasteiger partial charge in [0.2, 0.25) is 5.69 Å². The van der Waals surface area contributed by atoms with Crippen LogP contribution < -0.4 is 9.64 Å². The number of piperidine rings is 1. The third kappa shape index (κ3) is 3.00. The van der Waals surface area contributed by atoms with Crippen LogP contribution in [0.1, 0.15) is 38.3 Å². The summed E-state index contributed by atoms with van der Waals surface area (Å²) in [5, 5.41) is 18.4. The van der Waals surface area contributed by atoms with E-state index in [1.165, 1.54) is 11.2 Å². The second-order valence-corrected chi connectivity index (χ2v) is 5.73. The Bertz CT molecular complexity index is 718. The maximum absolute atomic E-state index is 9.45. The van der Waals surface area contributed by atoms with Crippen LogP contribution in [0.15, 0.2) is 24.3 Å². The minimum absolute atomic E-state index is 0.383. The lowest BCUT2D eigenvalue weighted by atomic mass is 10.00. The van der Waals surface area contributed by atoms with Crippen LogP contribution in [0.4, 0.5) is 5.82 Å². The monoisotopic (exact) mass is 311 g/mol. The predicted molar refractivity (Wildman–Crippen MR) is 87.9 cm³/mol. The molecular weight excluding hydrogens is 290 g/mol. The summed E-state index contributed by atoms with van der Waals surface area (Å²) in [7, 11) is 1.63. The van der Waals surface area contributed by atoms with Crippen LogP contribution >= 0.6 is 0 Å². The molecule has 0 amide bonds. The van der Waals surface area contributed by atoms with Crippen molar-refractivity contribution in [3.05, 3.63) is 30.0 Å². The minimum Gasteiger partial charge on any atom is -0.497 e. The highest BCUT2D eigenvalue weighted by atomic mass is 16.5. The molecule has 1 aromatic carbocycles. The van der Waals surface area contributed by atoms with Crippen LogP contribution in [0.3, 0.4) is 0 Å². The van der Waals surface area contributed by atoms with E-state index in [1.807, 2.05) is 24.3 Å². The van der Waals surface area contributed by atoms with Crippen LogP contribution in [0.25, 0.3) is 5.69 Å². The summed E-state index contributed by atoms with van der Waals surface area (Å²) in [5.74, 6) is 1.44. The molecule has 2 heterocycles. The number of methoxy groups -OCH3 is 1. The maximum Gasteiger partial charge on any atom is 0.207 e. The lowest BCUT2D eigenvalue weighted by Gasteiger charge is -2.35. The van der Waals surface area contributed by atoms with E-state index in [4.69, 9.17) is 4.74 Å². The summed E-state index contributed by atoms with van der Waals surface area (Å²) >= 11 is 0. The highest BCUT2D eigenvalue weighted by molar-refractivity contribution is 5.51. The Balaban J connectivity index is 1.99. The van der Waals surface area contributed by atoms with E-state index in [1.54, 1.807) is 7.11 Å². The quantitative estimate of drug-likeness (QED) is 0.868. The average Bonchev–Trinajstić information content (AvgIpc) is 3.06. The zero-order chi connectivity index (χ0) is 16.2. The van der Waals surface area contributed by atoms with Gasteiger partial charge in [-0.1, -0.05) is 13.0 Å². The van der Waals surface area contributed by atoms with Gasteiger partial charge in [0, 0.05) is 18.7 Å². The fraction of sp³-hybridized carbons (Fsp3) is 0.471. The summed E-state index contributed by atoms with van der Waals surface area (Å²) in [5.41, 5.74) is 1.17. The number of hydrogen-bond donors (Lipinski definition) is 0. The second-order valence-electron chi connectivity index (χ2n) is 5.73. The van der Waals surface area contributed by atoms with E-state index in [9.17, 15) is 5.26 Å². The summed E-state index contributed by atoms with van der Waals surface area (Å²) in [6.45, 7) is 3.12. The average molecular weight is 311 g/mol. The van der Waals surface area contributed by atoms with Gasteiger partial charge in [0.05, 0.1) is 12.8 Å². The number of rotatable bonds is 4. The third-order valence-electron chi connectivity index (χ3n) is 4.36. The molecule has 1 aromatic heterocycles. The number of aromatic nitrogens is 3. The van der Waals surface area contributed by atoms with Crippen molar-refractivity contribution in [2.75, 3.05) is 18.6 Å². The van der Waals surface area contributed by atoms with Gasteiger partial charge in [-0.15, -0.1) is 15.0 Å². The molecule has 0 saturated carbocycles. The Labute approximate surface area is 136 Å². The maximum atomic E-state index is 9.45. The van der Waals surface area contributed by atoms with E-state index in [0.717, 1.165) is 37.2 Å². The van der Waals surface area contributed by atoms with Crippen molar-refractivity contribution in [2.45, 2.75) is 38.6 Å². The Morgan fingerprint density at radius 3 is 2.96 bits per heavy atom. The van der Waals surface area contributed by atoms with E-state index in [-0.39, 0.29) is 0 Å². The largest absolute Gasteiger partial charge is 0.497 e. The lowest BCUT2D eigenvalue weighted by Crippen LogP contribution is -2.39. The highest BCUT2D eigenvalue weighted by Gasteiger charge is 2.26. The van der Waals surface area contributed by atoms with Crippen molar-refractivity contribution in [1.29, 1.82) is 5.26 Å². The highest BCUT2D eigenvalue weighted by Crippen LogP contribution is 2.27. The zero-order valence-corrected chi connectivity index (χ0v) is 13.6. The van der Waals surface area contributed by atoms with Crippen LogP contribution in [0.2, 0.25) is 0 Å². The lowest BCUT2D eigenvalue weighted by molar-refractivity contribution is 0.414. The number of ether oxygens (including phenoxy) is 1. The van der Waals surface area contributed by atoms with E-state index in [2.05, 4.69) is 28.1 Å². The molecular formula is C17H21N5O. The van der Waals surface area contributed by atoms with Crippen molar-refractivity contribution in [2.24, 2.45) is 0 Å². The Morgan fingerprint density at radius 2 is 2.22 bits per heavy atom. The van der Waals surface area contributed by atoms with Gasteiger partial charge < -0.3 is 9.64 Å². The molecule has 6 nitrogen and oxygen atoms in total. The molecule has 0 bridgehead atoms. The normalized spacial score (nSPS) is 17.8. The van der Waals surface area contributed by atoms with Gasteiger partial charge in [0.15, 0.2) is 5.82 Å². The summed E-state index contributed by atoms with van der Waals surface area (Å²) in [6, 6.07) is 10.1. The van der Waals surface area contributed by atoms with Crippen LogP contribution in [-0.2, 0) is 0 Å². The predicted octanol–water partition coefficient (Wildman–Crippen LogP) is 2.92. The smallest absolute Gasteiger partial charge is 0.207 e. The second kappa shape index (κ2) is 6.69. The fourth-order valence-electron chi connectivity index (χ4n) is 3.12. The van der Waals surface area contributed by atoms with Gasteiger partial charge in [0.1, 0.15) is 11.8 Å². The molecule has 0 radical (unpaired) electrons. The van der Waals surface area contributed by atoms with Gasteiger partial charge in [0.25, 0.3) is 0 Å². The number of hydrogen-bond acceptors (Lipinski definition) is 5. The molecule has 1 saturated heterocycles. The molecule has 3 rings (SSSR count). The zero-order valence-electron chi connectivity index (χ0n) is 13.6. The molecule has 2 aromatic rings. The van der Waals surface area contributed by atoms with Crippen molar-refractivity contribution >= 4 is 5.82 Å². The fourth-order valence-corrected chi connectivity index (χ4v) is 3.12. The van der Waals surface area contributed by atoms with Gasteiger partial charge >= 0.3 is 0 Å². The van der Waals surface area contributed by atoms with Crippen LogP contribution in [0, 0.1) is 11.3 Å². The standard InChI is InChI=1S/C17H21N5O/c1-3-13-7-4-5-10-21(13)17-16(12-18)19-22(20-17)14-8-6-9-15(11-14)23-2/h6,8-9,11,13H,3-5,7,10H2,1-2H3/t13-/m1/s1. The van der Waals surface area contributed by atoms with E-state index < -0.39 is 0 Å². The van der Waals surface area contributed by atoms with Gasteiger partial charge in [-0.05, 0) is 37.8 Å². The molecule has 0 unspecified atom stereocenters. The molecule has 120 valence electrons. The Hall–Kier alpha value is -2.55. The molecule has 0 N–H and O–H groups in total. The summed E-state index contributed by atoms with van der Waals surface area (Å²) in [6.07, 6.45) is 4.57. The van der Waals surface area contributed by atoms with Gasteiger partial charge in [-0.2, -0.15) is 5.26 Å². The SMILES string of the molecule is CC[C@@H]1CCCCN1c1nn(-c2cccc(OC)c2)nc1C#N. The summed E-state index contributed by atoms with van der Waals surface area (Å²) < 4.78 is 5.25. The summed E-state index contributed by atoms with van der Waals surface area (Å²) in [4.78, 5) is 3.77. The van der Waals surface area contributed by atoms with Crippen molar-refractivity contribution < 1.29 is 4.74 Å². The van der Waals surface area contributed by atoms with Crippen LogP contribution in [-0.4, -0.2) is 34.7 Å². The first-order valence-corrected chi connectivity index (χ1v) is 8.05. The van der Waals surface area contributed by atoms with Crippen molar-refractivity contribution in [1.82, 2.24) is 15.0 Å². The molecule has 0 aliphatic carbocycles. The number of benzene rings is 1. The molecule has 1 aliphatic heterocycles. The number of nitriles is 1. The molecule has 0 spiro atoms. The molecule has 1 aliphatic rings. The molecule has 23 heavy (non-hydrogen) atoms. The van der Waals surface area contributed by atoms with Crippen molar-refractivity contribution in [3.63, 3.8) is 0 Å². The topological polar surface area (TPSA) is 67.0 Å². The number of nitrogens with zero attached hydrogens (tertiary/aromatic N) is 5. The minimum atomic E-state index is 0.383. The Kier molecular flexibility index (Phi) is 4.47. The first kappa shape index (κ1) is 15.3. The first-order chi connectivity index (χ1) is 11.3.